The van der Waals surface area contributed by atoms with Crippen LogP contribution in [0.1, 0.15) is 19.8 Å². The largest absolute Gasteiger partial charge is 0.480 e. The second kappa shape index (κ2) is 8.48. The number of esters is 2. The first kappa shape index (κ1) is 18.3. The Bertz CT molecular complexity index is 458. The lowest BCUT2D eigenvalue weighted by molar-refractivity contribution is -0.144. The molecule has 0 rings (SSSR count). The summed E-state index contributed by atoms with van der Waals surface area (Å²) >= 11 is 0. The smallest absolute Gasteiger partial charge is 0.322 e. The predicted molar refractivity (Wildman–Crippen MR) is 66.2 cm³/mol. The molecular formula is C10H17NO8S. The molecule has 0 amide bonds. The van der Waals surface area contributed by atoms with Gasteiger partial charge in [-0.25, -0.2) is 13.1 Å². The number of carboxylic acid groups (broad SMARTS) is 1. The standard InChI is InChI=1S/C10H17NO8S/c1-3-19-8(12)5-4-7(10(14)15)11-20(16,17)6-9(13)18-2/h7,11H,3-6H2,1-2H3,(H,14,15)/t7-/m0/s1. The fraction of sp³-hybridized carbons (Fsp3) is 0.700. The average Bonchev–Trinajstić information content (AvgIpc) is 2.33. The van der Waals surface area contributed by atoms with Crippen LogP contribution in [0.2, 0.25) is 0 Å². The lowest BCUT2D eigenvalue weighted by atomic mass is 10.2. The SMILES string of the molecule is CCOC(=O)CC[C@H](NS(=O)(=O)CC(=O)OC)C(=O)O. The fourth-order valence-corrected chi connectivity index (χ4v) is 2.36. The molecule has 0 bridgehead atoms. The summed E-state index contributed by atoms with van der Waals surface area (Å²) in [6.07, 6.45) is -0.542. The van der Waals surface area contributed by atoms with Crippen molar-refractivity contribution in [3.8, 4) is 0 Å². The highest BCUT2D eigenvalue weighted by Gasteiger charge is 2.26. The molecule has 0 aliphatic heterocycles. The molecule has 0 heterocycles. The van der Waals surface area contributed by atoms with Gasteiger partial charge in [0.1, 0.15) is 6.04 Å². The van der Waals surface area contributed by atoms with Gasteiger partial charge < -0.3 is 14.6 Å². The van der Waals surface area contributed by atoms with Crippen LogP contribution in [0.15, 0.2) is 0 Å². The number of carbonyl (C=O) groups excluding carboxylic acids is 2. The summed E-state index contributed by atoms with van der Waals surface area (Å²) in [4.78, 5) is 32.9. The first-order valence-electron chi connectivity index (χ1n) is 5.67. The third kappa shape index (κ3) is 7.69. The third-order valence-corrected chi connectivity index (χ3v) is 3.36. The Labute approximate surface area is 116 Å². The minimum Gasteiger partial charge on any atom is -0.480 e. The molecule has 0 radical (unpaired) electrons. The number of ether oxygens (including phenoxy) is 2. The number of sulfonamides is 1. The molecule has 20 heavy (non-hydrogen) atoms. The first-order valence-corrected chi connectivity index (χ1v) is 7.32. The lowest BCUT2D eigenvalue weighted by Crippen LogP contribution is -2.43. The number of nitrogens with one attached hydrogen (secondary N) is 1. The molecule has 0 fully saturated rings. The lowest BCUT2D eigenvalue weighted by Gasteiger charge is -2.13. The van der Waals surface area contributed by atoms with Gasteiger partial charge in [-0.3, -0.25) is 14.4 Å². The van der Waals surface area contributed by atoms with Crippen LogP contribution in [0.3, 0.4) is 0 Å². The number of rotatable bonds is 9. The van der Waals surface area contributed by atoms with Gasteiger partial charge in [-0.15, -0.1) is 0 Å². The molecule has 116 valence electrons. The maximum Gasteiger partial charge on any atom is 0.322 e. The van der Waals surface area contributed by atoms with Crippen LogP contribution in [0.5, 0.6) is 0 Å². The Morgan fingerprint density at radius 2 is 1.85 bits per heavy atom. The van der Waals surface area contributed by atoms with Crippen LogP contribution in [-0.2, 0) is 33.9 Å². The van der Waals surface area contributed by atoms with E-state index in [1.807, 2.05) is 4.72 Å². The van der Waals surface area contributed by atoms with Gasteiger partial charge in [0.25, 0.3) is 0 Å². The van der Waals surface area contributed by atoms with Gasteiger partial charge in [0.15, 0.2) is 5.75 Å². The molecule has 10 heteroatoms. The Morgan fingerprint density at radius 3 is 2.30 bits per heavy atom. The molecule has 2 N–H and O–H groups in total. The summed E-state index contributed by atoms with van der Waals surface area (Å²) < 4.78 is 33.6. The van der Waals surface area contributed by atoms with Crippen molar-refractivity contribution in [2.24, 2.45) is 0 Å². The summed E-state index contributed by atoms with van der Waals surface area (Å²) in [5.41, 5.74) is 0. The Morgan fingerprint density at radius 1 is 1.25 bits per heavy atom. The summed E-state index contributed by atoms with van der Waals surface area (Å²) in [5, 5.41) is 8.88. The van der Waals surface area contributed by atoms with Crippen LogP contribution in [0.25, 0.3) is 0 Å². The normalized spacial score (nSPS) is 12.5. The average molecular weight is 311 g/mol. The second-order valence-electron chi connectivity index (χ2n) is 3.69. The molecule has 0 saturated carbocycles. The van der Waals surface area contributed by atoms with Crippen LogP contribution >= 0.6 is 0 Å². The summed E-state index contributed by atoms with van der Waals surface area (Å²) in [6, 6.07) is -1.52. The van der Waals surface area contributed by atoms with Crippen molar-refractivity contribution in [1.29, 1.82) is 0 Å². The van der Waals surface area contributed by atoms with Crippen LogP contribution in [-0.4, -0.2) is 56.9 Å². The van der Waals surface area contributed by atoms with Crippen molar-refractivity contribution in [2.75, 3.05) is 19.5 Å². The first-order chi connectivity index (χ1) is 9.21. The van der Waals surface area contributed by atoms with Crippen molar-refractivity contribution >= 4 is 27.9 Å². The molecule has 0 aromatic carbocycles. The van der Waals surface area contributed by atoms with Crippen molar-refractivity contribution in [3.05, 3.63) is 0 Å². The van der Waals surface area contributed by atoms with Gasteiger partial charge in [-0.05, 0) is 13.3 Å². The highest BCUT2D eigenvalue weighted by molar-refractivity contribution is 7.90. The van der Waals surface area contributed by atoms with Gasteiger partial charge in [0.05, 0.1) is 13.7 Å². The van der Waals surface area contributed by atoms with E-state index in [0.29, 0.717) is 0 Å². The van der Waals surface area contributed by atoms with E-state index in [0.717, 1.165) is 7.11 Å². The molecular weight excluding hydrogens is 294 g/mol. The molecule has 0 aliphatic carbocycles. The van der Waals surface area contributed by atoms with E-state index in [1.165, 1.54) is 0 Å². The summed E-state index contributed by atoms with van der Waals surface area (Å²) in [5.74, 6) is -4.10. The van der Waals surface area contributed by atoms with E-state index in [2.05, 4.69) is 9.47 Å². The summed E-state index contributed by atoms with van der Waals surface area (Å²) in [6.45, 7) is 1.73. The monoisotopic (exact) mass is 311 g/mol. The molecule has 9 nitrogen and oxygen atoms in total. The number of carboxylic acids is 1. The maximum atomic E-state index is 11.5. The maximum absolute atomic E-state index is 11.5. The Hall–Kier alpha value is -1.68. The number of carbonyl (C=O) groups is 3. The van der Waals surface area contributed by atoms with E-state index in [4.69, 9.17) is 5.11 Å². The van der Waals surface area contributed by atoms with E-state index in [-0.39, 0.29) is 19.4 Å². The van der Waals surface area contributed by atoms with Gasteiger partial charge in [-0.1, -0.05) is 0 Å². The second-order valence-corrected chi connectivity index (χ2v) is 5.44. The zero-order chi connectivity index (χ0) is 15.8. The minimum absolute atomic E-state index is 0.143. The number of hydrogen-bond acceptors (Lipinski definition) is 7. The van der Waals surface area contributed by atoms with Crippen molar-refractivity contribution in [1.82, 2.24) is 4.72 Å². The zero-order valence-corrected chi connectivity index (χ0v) is 11.9. The van der Waals surface area contributed by atoms with E-state index in [1.54, 1.807) is 6.92 Å². The molecule has 1 atom stereocenters. The van der Waals surface area contributed by atoms with E-state index in [9.17, 15) is 22.8 Å². The molecule has 0 aliphatic rings. The quantitative estimate of drug-likeness (QED) is 0.511. The number of methoxy groups -OCH3 is 1. The van der Waals surface area contributed by atoms with Crippen molar-refractivity contribution < 1.29 is 37.4 Å². The summed E-state index contributed by atoms with van der Waals surface area (Å²) in [7, 11) is -3.15. The van der Waals surface area contributed by atoms with Crippen molar-refractivity contribution in [2.45, 2.75) is 25.8 Å². The van der Waals surface area contributed by atoms with Crippen LogP contribution in [0, 0.1) is 0 Å². The van der Waals surface area contributed by atoms with Gasteiger partial charge in [-0.2, -0.15) is 0 Å². The Kier molecular flexibility index (Phi) is 7.77. The molecule has 0 aromatic heterocycles. The number of aliphatic carboxylic acids is 1. The van der Waals surface area contributed by atoms with Crippen LogP contribution in [0.4, 0.5) is 0 Å². The van der Waals surface area contributed by atoms with Crippen LogP contribution < -0.4 is 4.72 Å². The fourth-order valence-electron chi connectivity index (χ4n) is 1.20. The molecule has 0 aromatic rings. The zero-order valence-electron chi connectivity index (χ0n) is 11.1. The van der Waals surface area contributed by atoms with Crippen molar-refractivity contribution in [3.63, 3.8) is 0 Å². The van der Waals surface area contributed by atoms with E-state index < -0.39 is 39.7 Å². The topological polar surface area (TPSA) is 136 Å². The van der Waals surface area contributed by atoms with E-state index >= 15 is 0 Å². The van der Waals surface area contributed by atoms with Gasteiger partial charge in [0, 0.05) is 6.42 Å². The molecule has 0 spiro atoms. The molecule has 0 saturated heterocycles. The third-order valence-electron chi connectivity index (χ3n) is 2.10. The molecule has 0 unspecified atom stereocenters. The van der Waals surface area contributed by atoms with Gasteiger partial charge >= 0.3 is 17.9 Å². The Balaban J connectivity index is 4.58. The highest BCUT2D eigenvalue weighted by atomic mass is 32.2. The predicted octanol–water partition coefficient (Wildman–Crippen LogP) is -1.12. The number of hydrogen-bond donors (Lipinski definition) is 2. The minimum atomic E-state index is -4.15. The van der Waals surface area contributed by atoms with Gasteiger partial charge in [0.2, 0.25) is 10.0 Å². The highest BCUT2D eigenvalue weighted by Crippen LogP contribution is 2.02.